The third kappa shape index (κ3) is 4.82. The molecule has 0 N–H and O–H groups in total. The quantitative estimate of drug-likeness (QED) is 0.735. The van der Waals surface area contributed by atoms with E-state index in [0.29, 0.717) is 25.9 Å². The van der Waals surface area contributed by atoms with Gasteiger partial charge in [0.25, 0.3) is 0 Å². The van der Waals surface area contributed by atoms with Gasteiger partial charge in [-0.05, 0) is 11.1 Å². The Kier molecular flexibility index (Phi) is 6.25. The van der Waals surface area contributed by atoms with E-state index < -0.39 is 0 Å². The molecule has 0 amide bonds. The van der Waals surface area contributed by atoms with Crippen LogP contribution < -0.4 is 0 Å². The largest absolute Gasteiger partial charge is 0.297 e. The zero-order valence-electron chi connectivity index (χ0n) is 10.5. The molecule has 0 fully saturated rings. The molecule has 92 valence electrons. The molecule has 0 aromatic heterocycles. The van der Waals surface area contributed by atoms with Crippen LogP contribution in [-0.2, 0) is 6.54 Å². The molecular weight excluding hydrogens is 222 g/mol. The van der Waals surface area contributed by atoms with E-state index in [4.69, 9.17) is 10.5 Å². The van der Waals surface area contributed by atoms with Crippen molar-refractivity contribution >= 4 is 6.08 Å². The van der Waals surface area contributed by atoms with Crippen molar-refractivity contribution in [2.45, 2.75) is 19.4 Å². The molecule has 0 aliphatic heterocycles. The van der Waals surface area contributed by atoms with Crippen LogP contribution in [0.3, 0.4) is 0 Å². The van der Waals surface area contributed by atoms with Crippen LogP contribution in [-0.4, -0.2) is 18.0 Å². The van der Waals surface area contributed by atoms with Crippen molar-refractivity contribution in [3.63, 3.8) is 0 Å². The molecule has 3 heteroatoms. The minimum Gasteiger partial charge on any atom is -0.297 e. The molecule has 1 aromatic rings. The molecule has 0 saturated heterocycles. The van der Waals surface area contributed by atoms with Gasteiger partial charge in [-0.2, -0.15) is 10.5 Å². The summed E-state index contributed by atoms with van der Waals surface area (Å²) in [6.07, 6.45) is 2.80. The molecule has 0 spiro atoms. The smallest absolute Gasteiger partial charge is 0.0635 e. The zero-order chi connectivity index (χ0) is 13.2. The highest BCUT2D eigenvalue weighted by atomic mass is 15.1. The SMILES string of the molecule is C=Cc1ccc(CN(CCC#N)CCC#N)cc1. The van der Waals surface area contributed by atoms with Crippen molar-refractivity contribution in [3.05, 3.63) is 42.0 Å². The van der Waals surface area contributed by atoms with Crippen LogP contribution in [0.1, 0.15) is 24.0 Å². The van der Waals surface area contributed by atoms with Gasteiger partial charge in [0.15, 0.2) is 0 Å². The summed E-state index contributed by atoms with van der Waals surface area (Å²) in [7, 11) is 0. The highest BCUT2D eigenvalue weighted by Gasteiger charge is 2.05. The van der Waals surface area contributed by atoms with Gasteiger partial charge >= 0.3 is 0 Å². The first-order valence-corrected chi connectivity index (χ1v) is 5.97. The molecule has 0 aliphatic rings. The minimum atomic E-state index is 0.496. The van der Waals surface area contributed by atoms with Crippen LogP contribution in [0.4, 0.5) is 0 Å². The highest BCUT2D eigenvalue weighted by molar-refractivity contribution is 5.47. The summed E-state index contributed by atoms with van der Waals surface area (Å²) in [5, 5.41) is 17.2. The maximum Gasteiger partial charge on any atom is 0.0635 e. The zero-order valence-corrected chi connectivity index (χ0v) is 10.5. The molecule has 0 heterocycles. The Morgan fingerprint density at radius 1 is 1.06 bits per heavy atom. The van der Waals surface area contributed by atoms with E-state index in [0.717, 1.165) is 12.1 Å². The molecule has 3 nitrogen and oxygen atoms in total. The Bertz CT molecular complexity index is 430. The van der Waals surface area contributed by atoms with Gasteiger partial charge in [-0.1, -0.05) is 36.9 Å². The Hall–Kier alpha value is -2.10. The summed E-state index contributed by atoms with van der Waals surface area (Å²) < 4.78 is 0. The van der Waals surface area contributed by atoms with E-state index in [-0.39, 0.29) is 0 Å². The van der Waals surface area contributed by atoms with Gasteiger partial charge in [0, 0.05) is 32.5 Å². The molecule has 1 aromatic carbocycles. The van der Waals surface area contributed by atoms with Crippen molar-refractivity contribution in [3.8, 4) is 12.1 Å². The minimum absolute atomic E-state index is 0.496. The molecule has 0 aliphatic carbocycles. The van der Waals surface area contributed by atoms with Crippen LogP contribution in [0.15, 0.2) is 30.8 Å². The van der Waals surface area contributed by atoms with Gasteiger partial charge in [-0.3, -0.25) is 4.90 Å². The molecule has 0 radical (unpaired) electrons. The average Bonchev–Trinajstić information content (AvgIpc) is 2.42. The molecule has 0 unspecified atom stereocenters. The second-order valence-corrected chi connectivity index (χ2v) is 4.04. The van der Waals surface area contributed by atoms with Crippen LogP contribution >= 0.6 is 0 Å². The molecule has 0 bridgehead atoms. The third-order valence-corrected chi connectivity index (χ3v) is 2.70. The van der Waals surface area contributed by atoms with Crippen molar-refractivity contribution in [1.82, 2.24) is 4.90 Å². The van der Waals surface area contributed by atoms with E-state index >= 15 is 0 Å². The summed E-state index contributed by atoms with van der Waals surface area (Å²) in [6.45, 7) is 5.92. The van der Waals surface area contributed by atoms with Gasteiger partial charge in [-0.15, -0.1) is 0 Å². The van der Waals surface area contributed by atoms with Crippen LogP contribution in [0.5, 0.6) is 0 Å². The van der Waals surface area contributed by atoms with E-state index in [1.165, 1.54) is 5.56 Å². The fourth-order valence-corrected chi connectivity index (χ4v) is 1.70. The first kappa shape index (κ1) is 14.0. The lowest BCUT2D eigenvalue weighted by molar-refractivity contribution is 0.278. The van der Waals surface area contributed by atoms with E-state index in [9.17, 15) is 0 Å². The lowest BCUT2D eigenvalue weighted by atomic mass is 10.1. The standard InChI is InChI=1S/C15H17N3/c1-2-14-5-7-15(8-6-14)13-18(11-3-9-16)12-4-10-17/h2,5-8H,1,3-4,11-13H2. The number of nitriles is 2. The van der Waals surface area contributed by atoms with Crippen molar-refractivity contribution in [1.29, 1.82) is 10.5 Å². The Labute approximate surface area is 109 Å². The average molecular weight is 239 g/mol. The number of nitrogens with zero attached hydrogens (tertiary/aromatic N) is 3. The van der Waals surface area contributed by atoms with Crippen LogP contribution in [0.2, 0.25) is 0 Å². The summed E-state index contributed by atoms with van der Waals surface area (Å²) >= 11 is 0. The Morgan fingerprint density at radius 2 is 1.61 bits per heavy atom. The highest BCUT2D eigenvalue weighted by Crippen LogP contribution is 2.09. The summed E-state index contributed by atoms with van der Waals surface area (Å²) in [4.78, 5) is 2.13. The first-order valence-electron chi connectivity index (χ1n) is 5.97. The number of hydrogen-bond donors (Lipinski definition) is 0. The van der Waals surface area contributed by atoms with Crippen LogP contribution in [0, 0.1) is 22.7 Å². The lowest BCUT2D eigenvalue weighted by Crippen LogP contribution is -2.25. The lowest BCUT2D eigenvalue weighted by Gasteiger charge is -2.19. The normalized spacial score (nSPS) is 9.72. The fourth-order valence-electron chi connectivity index (χ4n) is 1.70. The van der Waals surface area contributed by atoms with Gasteiger partial charge in [0.2, 0.25) is 0 Å². The predicted octanol–water partition coefficient (Wildman–Crippen LogP) is 2.96. The van der Waals surface area contributed by atoms with Crippen molar-refractivity contribution in [2.24, 2.45) is 0 Å². The molecule has 1 rings (SSSR count). The number of benzene rings is 1. The first-order chi connectivity index (χ1) is 8.80. The van der Waals surface area contributed by atoms with E-state index in [1.807, 2.05) is 18.2 Å². The fraction of sp³-hybridized carbons (Fsp3) is 0.333. The Morgan fingerprint density at radius 3 is 2.06 bits per heavy atom. The van der Waals surface area contributed by atoms with Crippen molar-refractivity contribution in [2.75, 3.05) is 13.1 Å². The predicted molar refractivity (Wildman–Crippen MR) is 72.3 cm³/mol. The van der Waals surface area contributed by atoms with Crippen LogP contribution in [0.25, 0.3) is 6.08 Å². The van der Waals surface area contributed by atoms with E-state index in [1.54, 1.807) is 0 Å². The van der Waals surface area contributed by atoms with E-state index in [2.05, 4.69) is 35.8 Å². The number of rotatable bonds is 7. The maximum absolute atomic E-state index is 8.62. The summed E-state index contributed by atoms with van der Waals surface area (Å²) in [5.41, 5.74) is 2.29. The number of hydrogen-bond acceptors (Lipinski definition) is 3. The molecule has 0 saturated carbocycles. The summed E-state index contributed by atoms with van der Waals surface area (Å²) in [6, 6.07) is 12.4. The summed E-state index contributed by atoms with van der Waals surface area (Å²) in [5.74, 6) is 0. The second kappa shape index (κ2) is 8.06. The molecule has 0 atom stereocenters. The topological polar surface area (TPSA) is 50.8 Å². The second-order valence-electron chi connectivity index (χ2n) is 4.04. The van der Waals surface area contributed by atoms with Crippen molar-refractivity contribution < 1.29 is 0 Å². The monoisotopic (exact) mass is 239 g/mol. The van der Waals surface area contributed by atoms with Gasteiger partial charge < -0.3 is 0 Å². The molecular formula is C15H17N3. The van der Waals surface area contributed by atoms with Gasteiger partial charge in [-0.25, -0.2) is 0 Å². The molecule has 18 heavy (non-hydrogen) atoms. The van der Waals surface area contributed by atoms with Gasteiger partial charge in [0.1, 0.15) is 0 Å². The third-order valence-electron chi connectivity index (χ3n) is 2.70. The maximum atomic E-state index is 8.62. The Balaban J connectivity index is 2.60. The van der Waals surface area contributed by atoms with Gasteiger partial charge in [0.05, 0.1) is 12.1 Å².